The minimum absolute atomic E-state index is 0.0523. The predicted octanol–water partition coefficient (Wildman–Crippen LogP) is 4.36. The maximum atomic E-state index is 13.3. The summed E-state index contributed by atoms with van der Waals surface area (Å²) in [5, 5.41) is 12.1. The normalized spacial score (nSPS) is 20.0. The van der Waals surface area contributed by atoms with Gasteiger partial charge in [0.1, 0.15) is 12.6 Å². The topological polar surface area (TPSA) is 95.9 Å². The lowest BCUT2D eigenvalue weighted by molar-refractivity contribution is -0.148. The monoisotopic (exact) mass is 496 g/mol. The van der Waals surface area contributed by atoms with Crippen molar-refractivity contribution in [1.82, 2.24) is 10.2 Å². The summed E-state index contributed by atoms with van der Waals surface area (Å²) in [4.78, 5) is 39.2. The van der Waals surface area contributed by atoms with E-state index in [4.69, 9.17) is 4.74 Å². The highest BCUT2D eigenvalue weighted by Crippen LogP contribution is 2.44. The van der Waals surface area contributed by atoms with Gasteiger partial charge in [0.25, 0.3) is 0 Å². The molecule has 35 heavy (non-hydrogen) atoms. The van der Waals surface area contributed by atoms with Crippen LogP contribution < -0.4 is 5.32 Å². The van der Waals surface area contributed by atoms with Gasteiger partial charge < -0.3 is 20.1 Å². The zero-order valence-corrected chi connectivity index (χ0v) is 20.9. The molecule has 1 aliphatic heterocycles. The number of carboxylic acid groups (broad SMARTS) is 1. The molecule has 2 aliphatic rings. The molecule has 2 aromatic rings. The minimum Gasteiger partial charge on any atom is -0.481 e. The zero-order chi connectivity index (χ0) is 24.9. The lowest BCUT2D eigenvalue weighted by atomic mass is 9.91. The molecule has 2 N–H and O–H groups in total. The SMILES string of the molecule is CSCCC(NC(=O)OCC1c2ccccc2-c2ccccc21)C(=O)N1CC[C@H](C(=O)O)C[C@@H]1C. The standard InChI is InChI=1S/C27H32N2O5S/c1-17-15-18(26(31)32)11-13-29(17)25(30)24(12-14-35-2)28-27(33)34-16-23-21-9-5-3-7-19(21)20-8-4-6-10-22(20)23/h3-10,17-18,23-24H,11-16H2,1-2H3,(H,28,33)(H,31,32)/t17-,18-,24?/m0/s1. The largest absolute Gasteiger partial charge is 0.481 e. The number of hydrogen-bond donors (Lipinski definition) is 2. The van der Waals surface area contributed by atoms with Gasteiger partial charge in [-0.15, -0.1) is 0 Å². The van der Waals surface area contributed by atoms with Gasteiger partial charge >= 0.3 is 12.1 Å². The number of benzene rings is 2. The fourth-order valence-corrected chi connectivity index (χ4v) is 5.67. The quantitative estimate of drug-likeness (QED) is 0.564. The van der Waals surface area contributed by atoms with Crippen LogP contribution in [0, 0.1) is 5.92 Å². The Morgan fingerprint density at radius 2 is 1.74 bits per heavy atom. The lowest BCUT2D eigenvalue weighted by Crippen LogP contribution is -2.54. The Bertz CT molecular complexity index is 1050. The highest BCUT2D eigenvalue weighted by Gasteiger charge is 2.36. The number of likely N-dealkylation sites (tertiary alicyclic amines) is 1. The Hall–Kier alpha value is -3.00. The van der Waals surface area contributed by atoms with Gasteiger partial charge in [-0.05, 0) is 60.4 Å². The number of carbonyl (C=O) groups excluding carboxylic acids is 2. The van der Waals surface area contributed by atoms with Crippen LogP contribution in [-0.4, -0.2) is 65.2 Å². The van der Waals surface area contributed by atoms with E-state index < -0.39 is 24.0 Å². The number of fused-ring (bicyclic) bond motifs is 3. The molecule has 0 bridgehead atoms. The Morgan fingerprint density at radius 1 is 1.11 bits per heavy atom. The fraction of sp³-hybridized carbons (Fsp3) is 0.444. The molecule has 7 nitrogen and oxygen atoms in total. The molecule has 1 heterocycles. The number of carbonyl (C=O) groups is 3. The number of aliphatic carboxylic acids is 1. The van der Waals surface area contributed by atoms with Crippen LogP contribution in [0.5, 0.6) is 0 Å². The van der Waals surface area contributed by atoms with Crippen LogP contribution in [-0.2, 0) is 14.3 Å². The average molecular weight is 497 g/mol. The number of ether oxygens (including phenoxy) is 1. The number of nitrogens with zero attached hydrogens (tertiary/aromatic N) is 1. The summed E-state index contributed by atoms with van der Waals surface area (Å²) in [6, 6.07) is 15.4. The molecular formula is C27H32N2O5S. The van der Waals surface area contributed by atoms with Gasteiger partial charge in [0.05, 0.1) is 5.92 Å². The third-order valence-corrected chi connectivity index (χ3v) is 7.70. The van der Waals surface area contributed by atoms with Crippen LogP contribution in [0.2, 0.25) is 0 Å². The van der Waals surface area contributed by atoms with Gasteiger partial charge in [-0.2, -0.15) is 11.8 Å². The van der Waals surface area contributed by atoms with E-state index in [2.05, 4.69) is 29.6 Å². The molecule has 0 radical (unpaired) electrons. The molecule has 1 fully saturated rings. The summed E-state index contributed by atoms with van der Waals surface area (Å²) in [5.74, 6) is -0.777. The fourth-order valence-electron chi connectivity index (χ4n) is 5.20. The van der Waals surface area contributed by atoms with E-state index in [9.17, 15) is 19.5 Å². The smallest absolute Gasteiger partial charge is 0.407 e. The molecule has 0 spiro atoms. The molecule has 1 aliphatic carbocycles. The molecule has 0 saturated carbocycles. The summed E-state index contributed by atoms with van der Waals surface area (Å²) in [6.45, 7) is 2.43. The van der Waals surface area contributed by atoms with Crippen LogP contribution in [0.1, 0.15) is 43.2 Å². The van der Waals surface area contributed by atoms with Gasteiger partial charge in [0.2, 0.25) is 5.91 Å². The average Bonchev–Trinajstić information content (AvgIpc) is 3.18. The molecule has 3 atom stereocenters. The van der Waals surface area contributed by atoms with E-state index >= 15 is 0 Å². The highest BCUT2D eigenvalue weighted by molar-refractivity contribution is 7.98. The van der Waals surface area contributed by atoms with E-state index in [1.54, 1.807) is 16.7 Å². The van der Waals surface area contributed by atoms with E-state index in [-0.39, 0.29) is 24.5 Å². The summed E-state index contributed by atoms with van der Waals surface area (Å²) < 4.78 is 5.66. The molecule has 1 unspecified atom stereocenters. The van der Waals surface area contributed by atoms with Gasteiger partial charge in [-0.3, -0.25) is 9.59 Å². The first-order valence-electron chi connectivity index (χ1n) is 12.0. The van der Waals surface area contributed by atoms with Crippen molar-refractivity contribution < 1.29 is 24.2 Å². The highest BCUT2D eigenvalue weighted by atomic mass is 32.2. The zero-order valence-electron chi connectivity index (χ0n) is 20.1. The number of nitrogens with one attached hydrogen (secondary N) is 1. The van der Waals surface area contributed by atoms with Crippen LogP contribution in [0.15, 0.2) is 48.5 Å². The van der Waals surface area contributed by atoms with Crippen LogP contribution >= 0.6 is 11.8 Å². The van der Waals surface area contributed by atoms with Crippen LogP contribution in [0.25, 0.3) is 11.1 Å². The Balaban J connectivity index is 1.40. The summed E-state index contributed by atoms with van der Waals surface area (Å²) >= 11 is 1.60. The molecule has 186 valence electrons. The van der Waals surface area contributed by atoms with E-state index in [1.165, 1.54) is 0 Å². The summed E-state index contributed by atoms with van der Waals surface area (Å²) in [6.07, 6.45) is 2.66. The van der Waals surface area contributed by atoms with Gasteiger partial charge in [0, 0.05) is 18.5 Å². The number of carboxylic acids is 1. The predicted molar refractivity (Wildman–Crippen MR) is 137 cm³/mol. The summed E-state index contributed by atoms with van der Waals surface area (Å²) in [7, 11) is 0. The van der Waals surface area contributed by atoms with Crippen molar-refractivity contribution in [3.8, 4) is 11.1 Å². The molecule has 1 saturated heterocycles. The second kappa shape index (κ2) is 11.2. The number of piperidine rings is 1. The lowest BCUT2D eigenvalue weighted by Gasteiger charge is -2.38. The van der Waals surface area contributed by atoms with Crippen LogP contribution in [0.3, 0.4) is 0 Å². The van der Waals surface area contributed by atoms with Crippen molar-refractivity contribution in [3.63, 3.8) is 0 Å². The Labute approximate surface area is 210 Å². The first kappa shape index (κ1) is 25.1. The maximum Gasteiger partial charge on any atom is 0.407 e. The first-order chi connectivity index (χ1) is 16.9. The number of alkyl carbamates (subject to hydrolysis) is 1. The van der Waals surface area contributed by atoms with E-state index in [0.717, 1.165) is 22.3 Å². The van der Waals surface area contributed by atoms with Crippen molar-refractivity contribution in [2.75, 3.05) is 25.2 Å². The Morgan fingerprint density at radius 3 is 2.31 bits per heavy atom. The number of amides is 2. The van der Waals surface area contributed by atoms with E-state index in [1.807, 2.05) is 37.4 Å². The Kier molecular flexibility index (Phi) is 8.00. The van der Waals surface area contributed by atoms with E-state index in [0.29, 0.717) is 31.6 Å². The van der Waals surface area contributed by atoms with Gasteiger partial charge in [-0.1, -0.05) is 48.5 Å². The molecular weight excluding hydrogens is 464 g/mol. The van der Waals surface area contributed by atoms with Crippen LogP contribution in [0.4, 0.5) is 4.79 Å². The molecule has 2 amide bonds. The number of thioether (sulfide) groups is 1. The van der Waals surface area contributed by atoms with Crippen molar-refractivity contribution >= 4 is 29.7 Å². The number of rotatable bonds is 8. The molecule has 0 aromatic heterocycles. The second-order valence-corrected chi connectivity index (χ2v) is 10.2. The van der Waals surface area contributed by atoms with Crippen molar-refractivity contribution in [1.29, 1.82) is 0 Å². The van der Waals surface area contributed by atoms with Crippen molar-refractivity contribution in [2.45, 2.75) is 44.2 Å². The number of hydrogen-bond acceptors (Lipinski definition) is 5. The second-order valence-electron chi connectivity index (χ2n) is 9.24. The minimum atomic E-state index is -0.820. The first-order valence-corrected chi connectivity index (χ1v) is 13.4. The molecule has 2 aromatic carbocycles. The third kappa shape index (κ3) is 5.48. The third-order valence-electron chi connectivity index (χ3n) is 7.05. The van der Waals surface area contributed by atoms with Gasteiger partial charge in [0.15, 0.2) is 0 Å². The van der Waals surface area contributed by atoms with Crippen molar-refractivity contribution in [2.24, 2.45) is 5.92 Å². The molecule has 4 rings (SSSR count). The van der Waals surface area contributed by atoms with Crippen molar-refractivity contribution in [3.05, 3.63) is 59.7 Å². The molecule has 8 heteroatoms. The van der Waals surface area contributed by atoms with Gasteiger partial charge in [-0.25, -0.2) is 4.79 Å². The maximum absolute atomic E-state index is 13.3. The summed E-state index contributed by atoms with van der Waals surface area (Å²) in [5.41, 5.74) is 4.58.